The molecule has 1 atom stereocenters. The Morgan fingerprint density at radius 2 is 1.86 bits per heavy atom. The fraction of sp³-hybridized carbons (Fsp3) is 0.400. The van der Waals surface area contributed by atoms with Crippen LogP contribution in [0.15, 0.2) is 43.0 Å². The zero-order valence-electron chi connectivity index (χ0n) is 12.9. The molecular weight excluding hydrogens is 305 g/mol. The normalized spacial score (nSPS) is 13.4. The van der Waals surface area contributed by atoms with E-state index in [4.69, 9.17) is 13.8 Å². The molecule has 0 spiro atoms. The monoisotopic (exact) mass is 327 g/mol. The smallest absolute Gasteiger partial charge is 0.460 e. The molecule has 0 aliphatic carbocycles. The molecule has 0 radical (unpaired) electrons. The third-order valence-electron chi connectivity index (χ3n) is 2.79. The molecule has 122 valence electrons. The number of hydrogen-bond donors (Lipinski definition) is 0. The fourth-order valence-electron chi connectivity index (χ4n) is 1.70. The number of nitrogens with zero attached hydrogens (tertiary/aromatic N) is 1. The SMILES string of the molecule is C=CC(=O)OCCOP(=O)(Oc1ccccc1)N(CC)CC. The lowest BCUT2D eigenvalue weighted by atomic mass is 10.3. The van der Waals surface area contributed by atoms with Crippen LogP contribution in [0.4, 0.5) is 0 Å². The lowest BCUT2D eigenvalue weighted by Gasteiger charge is -2.28. The van der Waals surface area contributed by atoms with Gasteiger partial charge in [0.05, 0.1) is 6.61 Å². The summed E-state index contributed by atoms with van der Waals surface area (Å²) in [4.78, 5) is 11.0. The highest BCUT2D eigenvalue weighted by atomic mass is 31.2. The summed E-state index contributed by atoms with van der Waals surface area (Å²) in [6, 6.07) is 8.82. The van der Waals surface area contributed by atoms with Crippen LogP contribution in [0.2, 0.25) is 0 Å². The zero-order chi connectivity index (χ0) is 16.4. The average Bonchev–Trinajstić information content (AvgIpc) is 2.53. The molecule has 1 aromatic carbocycles. The van der Waals surface area contributed by atoms with Crippen molar-refractivity contribution in [2.75, 3.05) is 26.3 Å². The Labute approximate surface area is 131 Å². The van der Waals surface area contributed by atoms with Crippen LogP contribution in [0, 0.1) is 0 Å². The molecule has 0 fully saturated rings. The third kappa shape index (κ3) is 5.64. The number of rotatable bonds is 10. The van der Waals surface area contributed by atoms with Gasteiger partial charge in [-0.15, -0.1) is 0 Å². The van der Waals surface area contributed by atoms with Crippen LogP contribution in [-0.4, -0.2) is 36.9 Å². The van der Waals surface area contributed by atoms with Gasteiger partial charge in [0.1, 0.15) is 12.4 Å². The molecule has 1 aromatic rings. The molecule has 0 aromatic heterocycles. The van der Waals surface area contributed by atoms with Crippen molar-refractivity contribution in [2.24, 2.45) is 0 Å². The summed E-state index contributed by atoms with van der Waals surface area (Å²) in [5.74, 6) is -0.0916. The average molecular weight is 327 g/mol. The molecule has 0 amide bonds. The maximum Gasteiger partial charge on any atom is 0.461 e. The standard InChI is InChI=1S/C15H22NO5P/c1-4-15(17)19-12-13-20-22(18,16(5-2)6-3)21-14-10-8-7-9-11-14/h4,7-11H,1,5-6,12-13H2,2-3H3. The number of carbonyl (C=O) groups excluding carboxylic acids is 1. The lowest BCUT2D eigenvalue weighted by molar-refractivity contribution is -0.138. The topological polar surface area (TPSA) is 65.1 Å². The Morgan fingerprint density at radius 3 is 2.41 bits per heavy atom. The molecule has 0 aliphatic rings. The number of hydrogen-bond acceptors (Lipinski definition) is 5. The summed E-state index contributed by atoms with van der Waals surface area (Å²) in [7, 11) is -3.50. The summed E-state index contributed by atoms with van der Waals surface area (Å²) in [6.07, 6.45) is 1.06. The Balaban J connectivity index is 2.72. The van der Waals surface area contributed by atoms with Gasteiger partial charge in [-0.3, -0.25) is 4.52 Å². The minimum absolute atomic E-state index is 0.0196. The summed E-state index contributed by atoms with van der Waals surface area (Å²) in [5.41, 5.74) is 0. The minimum atomic E-state index is -3.50. The van der Waals surface area contributed by atoms with Gasteiger partial charge in [0, 0.05) is 19.2 Å². The van der Waals surface area contributed by atoms with E-state index in [9.17, 15) is 9.36 Å². The van der Waals surface area contributed by atoms with Crippen molar-refractivity contribution >= 4 is 13.7 Å². The molecule has 0 heterocycles. The van der Waals surface area contributed by atoms with E-state index in [1.54, 1.807) is 28.9 Å². The zero-order valence-corrected chi connectivity index (χ0v) is 13.8. The first-order chi connectivity index (χ1) is 10.6. The van der Waals surface area contributed by atoms with Gasteiger partial charge < -0.3 is 9.26 Å². The Hall–Kier alpha value is -1.62. The van der Waals surface area contributed by atoms with Gasteiger partial charge in [0.15, 0.2) is 0 Å². The first-order valence-electron chi connectivity index (χ1n) is 7.09. The summed E-state index contributed by atoms with van der Waals surface area (Å²) in [6.45, 7) is 8.00. The van der Waals surface area contributed by atoms with Crippen LogP contribution in [0.1, 0.15) is 13.8 Å². The molecule has 1 rings (SSSR count). The van der Waals surface area contributed by atoms with Crippen LogP contribution in [0.25, 0.3) is 0 Å². The molecule has 0 saturated carbocycles. The van der Waals surface area contributed by atoms with E-state index in [1.165, 1.54) is 0 Å². The number of ether oxygens (including phenoxy) is 1. The second-order valence-electron chi connectivity index (χ2n) is 4.22. The van der Waals surface area contributed by atoms with Crippen LogP contribution >= 0.6 is 7.75 Å². The van der Waals surface area contributed by atoms with Crippen molar-refractivity contribution < 1.29 is 23.1 Å². The van der Waals surface area contributed by atoms with Crippen LogP contribution in [-0.2, 0) is 18.6 Å². The second-order valence-corrected chi connectivity index (χ2v) is 6.16. The molecule has 22 heavy (non-hydrogen) atoms. The van der Waals surface area contributed by atoms with Gasteiger partial charge in [0.2, 0.25) is 0 Å². The van der Waals surface area contributed by atoms with Crippen molar-refractivity contribution in [3.8, 4) is 5.75 Å². The predicted molar refractivity (Wildman–Crippen MR) is 84.7 cm³/mol. The van der Waals surface area contributed by atoms with Gasteiger partial charge in [-0.2, -0.15) is 4.67 Å². The fourth-order valence-corrected chi connectivity index (χ4v) is 3.42. The maximum absolute atomic E-state index is 13.0. The van der Waals surface area contributed by atoms with Gasteiger partial charge in [0.25, 0.3) is 0 Å². The van der Waals surface area contributed by atoms with E-state index >= 15 is 0 Å². The highest BCUT2D eigenvalue weighted by Crippen LogP contribution is 2.51. The molecule has 1 unspecified atom stereocenters. The Kier molecular flexibility index (Phi) is 7.88. The Morgan fingerprint density at radius 1 is 1.23 bits per heavy atom. The van der Waals surface area contributed by atoms with Gasteiger partial charge in [-0.25, -0.2) is 9.36 Å². The molecule has 0 aliphatic heterocycles. The molecule has 0 bridgehead atoms. The number of para-hydroxylation sites is 1. The van der Waals surface area contributed by atoms with Crippen molar-refractivity contribution in [1.29, 1.82) is 0 Å². The van der Waals surface area contributed by atoms with Crippen molar-refractivity contribution in [1.82, 2.24) is 4.67 Å². The molecular formula is C15H22NO5P. The van der Waals surface area contributed by atoms with E-state index in [0.29, 0.717) is 18.8 Å². The highest BCUT2D eigenvalue weighted by molar-refractivity contribution is 7.51. The maximum atomic E-state index is 13.0. The quantitative estimate of drug-likeness (QED) is 0.284. The highest BCUT2D eigenvalue weighted by Gasteiger charge is 2.33. The van der Waals surface area contributed by atoms with E-state index in [2.05, 4.69) is 6.58 Å². The first kappa shape index (κ1) is 18.4. The molecule has 6 nitrogen and oxygen atoms in total. The minimum Gasteiger partial charge on any atom is -0.460 e. The van der Waals surface area contributed by atoms with E-state index in [-0.39, 0.29) is 13.2 Å². The van der Waals surface area contributed by atoms with E-state index in [0.717, 1.165) is 6.08 Å². The molecule has 7 heteroatoms. The molecule has 0 N–H and O–H groups in total. The van der Waals surface area contributed by atoms with Gasteiger partial charge >= 0.3 is 13.7 Å². The summed E-state index contributed by atoms with van der Waals surface area (Å²) in [5, 5.41) is 0. The Bertz CT molecular complexity index is 516. The van der Waals surface area contributed by atoms with Crippen molar-refractivity contribution in [2.45, 2.75) is 13.8 Å². The first-order valence-corrected chi connectivity index (χ1v) is 8.59. The molecule has 0 saturated heterocycles. The van der Waals surface area contributed by atoms with Crippen LogP contribution < -0.4 is 4.52 Å². The lowest BCUT2D eigenvalue weighted by Crippen LogP contribution is -2.25. The second kappa shape index (κ2) is 9.41. The van der Waals surface area contributed by atoms with E-state index in [1.807, 2.05) is 19.9 Å². The third-order valence-corrected chi connectivity index (χ3v) is 5.00. The van der Waals surface area contributed by atoms with Crippen molar-refractivity contribution in [3.63, 3.8) is 0 Å². The van der Waals surface area contributed by atoms with Gasteiger partial charge in [-0.05, 0) is 12.1 Å². The predicted octanol–water partition coefficient (Wildman–Crippen LogP) is 3.26. The van der Waals surface area contributed by atoms with E-state index < -0.39 is 13.7 Å². The number of carbonyl (C=O) groups is 1. The summed E-state index contributed by atoms with van der Waals surface area (Å²) < 4.78 is 30.4. The van der Waals surface area contributed by atoms with Crippen LogP contribution in [0.3, 0.4) is 0 Å². The van der Waals surface area contributed by atoms with Crippen molar-refractivity contribution in [3.05, 3.63) is 43.0 Å². The van der Waals surface area contributed by atoms with Crippen LogP contribution in [0.5, 0.6) is 5.75 Å². The number of benzene rings is 1. The number of esters is 1. The van der Waals surface area contributed by atoms with Gasteiger partial charge in [-0.1, -0.05) is 38.6 Å². The largest absolute Gasteiger partial charge is 0.461 e. The summed E-state index contributed by atoms with van der Waals surface area (Å²) >= 11 is 0.